The van der Waals surface area contributed by atoms with Crippen LogP contribution < -0.4 is 5.73 Å². The summed E-state index contributed by atoms with van der Waals surface area (Å²) in [6.45, 7) is 6.46. The third kappa shape index (κ3) is 6.46. The number of carboxylic acid groups (broad SMARTS) is 1. The molecule has 1 heterocycles. The Hall–Kier alpha value is -1.10. The standard InChI is InChI=1S/C16H30N2O3/c1-12(2)14(5-8-17)3-4-15(19)18-9-6-13(7-10-18)11-16(20)21/h12-14H,3-11,17H2,1-2H3,(H,20,21). The maximum atomic E-state index is 12.2. The van der Waals surface area contributed by atoms with Crippen LogP contribution >= 0.6 is 0 Å². The highest BCUT2D eigenvalue weighted by Crippen LogP contribution is 2.24. The van der Waals surface area contributed by atoms with Crippen molar-refractivity contribution in [2.45, 2.75) is 52.4 Å². The first-order valence-corrected chi connectivity index (χ1v) is 8.13. The largest absolute Gasteiger partial charge is 0.481 e. The van der Waals surface area contributed by atoms with Gasteiger partial charge < -0.3 is 15.7 Å². The molecule has 1 unspecified atom stereocenters. The second-order valence-corrected chi connectivity index (χ2v) is 6.54. The molecule has 0 spiro atoms. The molecule has 3 N–H and O–H groups in total. The van der Waals surface area contributed by atoms with Gasteiger partial charge in [0.2, 0.25) is 5.91 Å². The highest BCUT2D eigenvalue weighted by atomic mass is 16.4. The maximum absolute atomic E-state index is 12.2. The number of likely N-dealkylation sites (tertiary alicyclic amines) is 1. The summed E-state index contributed by atoms with van der Waals surface area (Å²) in [5.41, 5.74) is 5.63. The summed E-state index contributed by atoms with van der Waals surface area (Å²) in [6.07, 6.45) is 4.33. The first-order chi connectivity index (χ1) is 9.93. The Kier molecular flexibility index (Phi) is 7.72. The number of nitrogens with zero attached hydrogens (tertiary/aromatic N) is 1. The summed E-state index contributed by atoms with van der Waals surface area (Å²) in [5.74, 6) is 0.783. The van der Waals surface area contributed by atoms with Crippen molar-refractivity contribution in [1.29, 1.82) is 0 Å². The molecule has 1 saturated heterocycles. The van der Waals surface area contributed by atoms with Crippen molar-refractivity contribution in [3.05, 3.63) is 0 Å². The molecule has 1 fully saturated rings. The summed E-state index contributed by atoms with van der Waals surface area (Å²) in [5, 5.41) is 8.80. The normalized spacial score (nSPS) is 18.0. The first kappa shape index (κ1) is 18.0. The van der Waals surface area contributed by atoms with Gasteiger partial charge in [0.15, 0.2) is 0 Å². The van der Waals surface area contributed by atoms with Gasteiger partial charge in [-0.05, 0) is 50.0 Å². The SMILES string of the molecule is CC(C)C(CCN)CCC(=O)N1CCC(CC(=O)O)CC1. The number of nitrogens with two attached hydrogens (primary N) is 1. The maximum Gasteiger partial charge on any atom is 0.303 e. The molecule has 0 aromatic rings. The number of carboxylic acids is 1. The van der Waals surface area contributed by atoms with Gasteiger partial charge in [-0.1, -0.05) is 13.8 Å². The molecule has 1 atom stereocenters. The lowest BCUT2D eigenvalue weighted by molar-refractivity contribution is -0.138. The fraction of sp³-hybridized carbons (Fsp3) is 0.875. The van der Waals surface area contributed by atoms with Crippen LogP contribution in [0.3, 0.4) is 0 Å². The van der Waals surface area contributed by atoms with E-state index in [1.54, 1.807) is 0 Å². The van der Waals surface area contributed by atoms with Gasteiger partial charge in [-0.2, -0.15) is 0 Å². The van der Waals surface area contributed by atoms with E-state index in [1.807, 2.05) is 4.90 Å². The quantitative estimate of drug-likeness (QED) is 0.719. The Balaban J connectivity index is 2.32. The summed E-state index contributed by atoms with van der Waals surface area (Å²) >= 11 is 0. The van der Waals surface area contributed by atoms with Gasteiger partial charge in [-0.25, -0.2) is 0 Å². The van der Waals surface area contributed by atoms with E-state index in [4.69, 9.17) is 10.8 Å². The Bertz CT molecular complexity index is 336. The van der Waals surface area contributed by atoms with Crippen LogP contribution in [-0.2, 0) is 9.59 Å². The Morgan fingerprint density at radius 2 is 1.86 bits per heavy atom. The predicted molar refractivity (Wildman–Crippen MR) is 82.8 cm³/mol. The summed E-state index contributed by atoms with van der Waals surface area (Å²) in [6, 6.07) is 0. The zero-order valence-electron chi connectivity index (χ0n) is 13.4. The topological polar surface area (TPSA) is 83.6 Å². The van der Waals surface area contributed by atoms with Crippen molar-refractivity contribution in [3.8, 4) is 0 Å². The van der Waals surface area contributed by atoms with Crippen LogP contribution in [-0.4, -0.2) is 41.5 Å². The Morgan fingerprint density at radius 3 is 2.33 bits per heavy atom. The van der Waals surface area contributed by atoms with Gasteiger partial charge in [0.25, 0.3) is 0 Å². The smallest absolute Gasteiger partial charge is 0.303 e. The van der Waals surface area contributed by atoms with Gasteiger partial charge in [-0.15, -0.1) is 0 Å². The van der Waals surface area contributed by atoms with E-state index in [2.05, 4.69) is 13.8 Å². The zero-order valence-corrected chi connectivity index (χ0v) is 13.4. The average molecular weight is 298 g/mol. The number of rotatable bonds is 8. The second-order valence-electron chi connectivity index (χ2n) is 6.54. The van der Waals surface area contributed by atoms with E-state index < -0.39 is 5.97 Å². The van der Waals surface area contributed by atoms with Crippen LogP contribution in [0.25, 0.3) is 0 Å². The summed E-state index contributed by atoms with van der Waals surface area (Å²) in [4.78, 5) is 24.8. The zero-order chi connectivity index (χ0) is 15.8. The van der Waals surface area contributed by atoms with E-state index in [1.165, 1.54) is 0 Å². The van der Waals surface area contributed by atoms with E-state index in [-0.39, 0.29) is 18.2 Å². The van der Waals surface area contributed by atoms with E-state index in [0.29, 0.717) is 37.9 Å². The third-order valence-electron chi connectivity index (χ3n) is 4.64. The fourth-order valence-corrected chi connectivity index (χ4v) is 3.13. The van der Waals surface area contributed by atoms with E-state index >= 15 is 0 Å². The van der Waals surface area contributed by atoms with Crippen LogP contribution in [0.5, 0.6) is 0 Å². The molecule has 21 heavy (non-hydrogen) atoms. The van der Waals surface area contributed by atoms with Crippen LogP contribution in [0.2, 0.25) is 0 Å². The van der Waals surface area contributed by atoms with Gasteiger partial charge in [0, 0.05) is 25.9 Å². The monoisotopic (exact) mass is 298 g/mol. The number of aliphatic carboxylic acids is 1. The van der Waals surface area contributed by atoms with Crippen LogP contribution in [0.4, 0.5) is 0 Å². The minimum Gasteiger partial charge on any atom is -0.481 e. The Labute approximate surface area is 127 Å². The molecule has 0 radical (unpaired) electrons. The van der Waals surface area contributed by atoms with Crippen molar-refractivity contribution >= 4 is 11.9 Å². The number of hydrogen-bond donors (Lipinski definition) is 2. The molecule has 0 aliphatic carbocycles. The molecular formula is C16H30N2O3. The van der Waals surface area contributed by atoms with Gasteiger partial charge in [0.05, 0.1) is 0 Å². The number of amides is 1. The minimum absolute atomic E-state index is 0.214. The summed E-state index contributed by atoms with van der Waals surface area (Å²) in [7, 11) is 0. The van der Waals surface area contributed by atoms with Crippen LogP contribution in [0.15, 0.2) is 0 Å². The lowest BCUT2D eigenvalue weighted by Crippen LogP contribution is -2.39. The van der Waals surface area contributed by atoms with Gasteiger partial charge in [-0.3, -0.25) is 9.59 Å². The second kappa shape index (κ2) is 9.03. The fourth-order valence-electron chi connectivity index (χ4n) is 3.13. The molecule has 0 bridgehead atoms. The van der Waals surface area contributed by atoms with E-state index in [0.717, 1.165) is 25.7 Å². The highest BCUT2D eigenvalue weighted by Gasteiger charge is 2.24. The van der Waals surface area contributed by atoms with Crippen molar-refractivity contribution in [1.82, 2.24) is 4.90 Å². The van der Waals surface area contributed by atoms with Crippen LogP contribution in [0, 0.1) is 17.8 Å². The first-order valence-electron chi connectivity index (χ1n) is 8.13. The summed E-state index contributed by atoms with van der Waals surface area (Å²) < 4.78 is 0. The van der Waals surface area contributed by atoms with E-state index in [9.17, 15) is 9.59 Å². The molecule has 122 valence electrons. The van der Waals surface area contributed by atoms with Crippen molar-refractivity contribution in [3.63, 3.8) is 0 Å². The average Bonchev–Trinajstić information content (AvgIpc) is 2.43. The molecule has 5 nitrogen and oxygen atoms in total. The molecule has 1 aliphatic heterocycles. The van der Waals surface area contributed by atoms with Crippen molar-refractivity contribution in [2.24, 2.45) is 23.5 Å². The molecule has 5 heteroatoms. The molecule has 0 saturated carbocycles. The number of carbonyl (C=O) groups is 2. The number of hydrogen-bond acceptors (Lipinski definition) is 3. The molecule has 1 amide bonds. The lowest BCUT2D eigenvalue weighted by atomic mass is 9.88. The number of piperidine rings is 1. The van der Waals surface area contributed by atoms with Gasteiger partial charge >= 0.3 is 5.97 Å². The number of carbonyl (C=O) groups excluding carboxylic acids is 1. The lowest BCUT2D eigenvalue weighted by Gasteiger charge is -2.32. The van der Waals surface area contributed by atoms with Crippen LogP contribution in [0.1, 0.15) is 52.4 Å². The third-order valence-corrected chi connectivity index (χ3v) is 4.64. The molecule has 1 aliphatic rings. The van der Waals surface area contributed by atoms with Crippen molar-refractivity contribution in [2.75, 3.05) is 19.6 Å². The van der Waals surface area contributed by atoms with Gasteiger partial charge in [0.1, 0.15) is 0 Å². The van der Waals surface area contributed by atoms with Crippen molar-refractivity contribution < 1.29 is 14.7 Å². The Morgan fingerprint density at radius 1 is 1.24 bits per heavy atom. The predicted octanol–water partition coefficient (Wildman–Crippen LogP) is 2.10. The minimum atomic E-state index is -0.735. The molecular weight excluding hydrogens is 268 g/mol. The molecule has 1 rings (SSSR count). The molecule has 0 aromatic carbocycles. The highest BCUT2D eigenvalue weighted by molar-refractivity contribution is 5.76. The molecule has 0 aromatic heterocycles.